The fraction of sp³-hybridized carbons (Fsp3) is 0.500. The first-order chi connectivity index (χ1) is 10.6. The Hall–Kier alpha value is -2.24. The molecule has 0 saturated heterocycles. The van der Waals surface area contributed by atoms with Crippen molar-refractivity contribution in [2.75, 3.05) is 0 Å². The van der Waals surface area contributed by atoms with Crippen LogP contribution >= 0.6 is 0 Å². The second-order valence-electron chi connectivity index (χ2n) is 6.19. The Kier molecular flexibility index (Phi) is 3.92. The van der Waals surface area contributed by atoms with Crippen LogP contribution in [0.4, 0.5) is 0 Å². The van der Waals surface area contributed by atoms with Crippen molar-refractivity contribution in [3.63, 3.8) is 0 Å². The lowest BCUT2D eigenvalue weighted by molar-refractivity contribution is -0.122. The van der Waals surface area contributed by atoms with Crippen molar-refractivity contribution in [2.45, 2.75) is 51.6 Å². The van der Waals surface area contributed by atoms with E-state index in [1.807, 2.05) is 6.92 Å². The maximum Gasteiger partial charge on any atom is 0.222 e. The van der Waals surface area contributed by atoms with E-state index in [1.54, 1.807) is 4.68 Å². The summed E-state index contributed by atoms with van der Waals surface area (Å²) in [5.41, 5.74) is 2.50. The van der Waals surface area contributed by atoms with E-state index >= 15 is 0 Å². The van der Waals surface area contributed by atoms with Crippen LogP contribution in [0.2, 0.25) is 0 Å². The number of carbonyl (C=O) groups excluding carboxylic acids is 1. The molecule has 1 aliphatic carbocycles. The SMILES string of the molecule is Cc1ccc(CC2(NC(=O)CCn3nnnc3C)CC2)cc1. The molecule has 116 valence electrons. The van der Waals surface area contributed by atoms with Gasteiger partial charge in [0.2, 0.25) is 5.91 Å². The van der Waals surface area contributed by atoms with Crippen LogP contribution in [-0.2, 0) is 17.8 Å². The predicted octanol–water partition coefficient (Wildman–Crippen LogP) is 1.57. The van der Waals surface area contributed by atoms with Gasteiger partial charge in [-0.05, 0) is 49.1 Å². The molecule has 0 atom stereocenters. The van der Waals surface area contributed by atoms with Crippen LogP contribution in [0.15, 0.2) is 24.3 Å². The Labute approximate surface area is 129 Å². The van der Waals surface area contributed by atoms with Crippen molar-refractivity contribution >= 4 is 5.91 Å². The Morgan fingerprint density at radius 2 is 2.00 bits per heavy atom. The first-order valence-corrected chi connectivity index (χ1v) is 7.66. The molecule has 1 amide bonds. The number of rotatable bonds is 6. The maximum absolute atomic E-state index is 12.2. The molecule has 2 aromatic rings. The predicted molar refractivity (Wildman–Crippen MR) is 82.2 cm³/mol. The van der Waals surface area contributed by atoms with Crippen LogP contribution in [0.5, 0.6) is 0 Å². The van der Waals surface area contributed by atoms with Crippen LogP contribution in [0, 0.1) is 13.8 Å². The fourth-order valence-electron chi connectivity index (χ4n) is 2.62. The molecule has 1 saturated carbocycles. The highest BCUT2D eigenvalue weighted by Crippen LogP contribution is 2.38. The molecule has 0 unspecified atom stereocenters. The van der Waals surface area contributed by atoms with Gasteiger partial charge >= 0.3 is 0 Å². The third-order valence-corrected chi connectivity index (χ3v) is 4.18. The highest BCUT2D eigenvalue weighted by atomic mass is 16.1. The third-order valence-electron chi connectivity index (χ3n) is 4.18. The van der Waals surface area contributed by atoms with Gasteiger partial charge in [0, 0.05) is 12.0 Å². The van der Waals surface area contributed by atoms with Crippen molar-refractivity contribution in [3.05, 3.63) is 41.2 Å². The van der Waals surface area contributed by atoms with Crippen molar-refractivity contribution in [1.82, 2.24) is 25.5 Å². The molecule has 0 radical (unpaired) electrons. The van der Waals surface area contributed by atoms with Gasteiger partial charge in [0.15, 0.2) is 0 Å². The van der Waals surface area contributed by atoms with Crippen LogP contribution in [0.3, 0.4) is 0 Å². The molecule has 0 aliphatic heterocycles. The minimum absolute atomic E-state index is 0.0397. The summed E-state index contributed by atoms with van der Waals surface area (Å²) >= 11 is 0. The Balaban J connectivity index is 1.52. The number of aryl methyl sites for hydroxylation is 3. The van der Waals surface area contributed by atoms with E-state index < -0.39 is 0 Å². The number of aromatic nitrogens is 4. The summed E-state index contributed by atoms with van der Waals surface area (Å²) in [6, 6.07) is 8.53. The third kappa shape index (κ3) is 3.50. The number of hydrogen-bond donors (Lipinski definition) is 1. The van der Waals surface area contributed by atoms with Crippen LogP contribution in [-0.4, -0.2) is 31.7 Å². The number of nitrogens with one attached hydrogen (secondary N) is 1. The van der Waals surface area contributed by atoms with Gasteiger partial charge in [-0.1, -0.05) is 29.8 Å². The summed E-state index contributed by atoms with van der Waals surface area (Å²) in [5, 5.41) is 14.4. The average Bonchev–Trinajstić information content (AvgIpc) is 3.11. The minimum atomic E-state index is -0.0397. The first-order valence-electron chi connectivity index (χ1n) is 7.66. The molecule has 6 nitrogen and oxygen atoms in total. The van der Waals surface area contributed by atoms with Gasteiger partial charge in [0.05, 0.1) is 6.54 Å². The van der Waals surface area contributed by atoms with E-state index in [1.165, 1.54) is 11.1 Å². The zero-order valence-electron chi connectivity index (χ0n) is 13.0. The smallest absolute Gasteiger partial charge is 0.222 e. The summed E-state index contributed by atoms with van der Waals surface area (Å²) in [5.74, 6) is 0.799. The Morgan fingerprint density at radius 1 is 1.27 bits per heavy atom. The van der Waals surface area contributed by atoms with Crippen molar-refractivity contribution in [2.24, 2.45) is 0 Å². The average molecular weight is 299 g/mol. The van der Waals surface area contributed by atoms with Gasteiger partial charge in [-0.3, -0.25) is 4.79 Å². The molecule has 1 fully saturated rings. The fourth-order valence-corrected chi connectivity index (χ4v) is 2.62. The second kappa shape index (κ2) is 5.87. The van der Waals surface area contributed by atoms with Crippen LogP contribution in [0.25, 0.3) is 0 Å². The number of amides is 1. The lowest BCUT2D eigenvalue weighted by Gasteiger charge is -2.17. The zero-order valence-corrected chi connectivity index (χ0v) is 13.0. The van der Waals surface area contributed by atoms with E-state index in [-0.39, 0.29) is 11.4 Å². The molecule has 6 heteroatoms. The molecule has 1 aromatic carbocycles. The molecule has 1 aliphatic rings. The van der Waals surface area contributed by atoms with E-state index in [2.05, 4.69) is 52.0 Å². The molecule has 22 heavy (non-hydrogen) atoms. The van der Waals surface area contributed by atoms with E-state index in [4.69, 9.17) is 0 Å². The quantitative estimate of drug-likeness (QED) is 0.879. The lowest BCUT2D eigenvalue weighted by atomic mass is 10.0. The monoisotopic (exact) mass is 299 g/mol. The van der Waals surface area contributed by atoms with Gasteiger partial charge in [0.25, 0.3) is 0 Å². The number of tetrazole rings is 1. The standard InChI is InChI=1S/C16H21N5O/c1-12-3-5-14(6-4-12)11-16(8-9-16)17-15(22)7-10-21-13(2)18-19-20-21/h3-6H,7-11H2,1-2H3,(H,17,22). The highest BCUT2D eigenvalue weighted by Gasteiger charge is 2.43. The molecule has 1 N–H and O–H groups in total. The molecule has 1 heterocycles. The number of carbonyl (C=O) groups is 1. The van der Waals surface area contributed by atoms with Gasteiger partial charge in [-0.15, -0.1) is 5.10 Å². The zero-order chi connectivity index (χ0) is 15.6. The molecular weight excluding hydrogens is 278 g/mol. The summed E-state index contributed by atoms with van der Waals surface area (Å²) in [6.45, 7) is 4.43. The minimum Gasteiger partial charge on any atom is -0.350 e. The summed E-state index contributed by atoms with van der Waals surface area (Å²) in [7, 11) is 0. The Morgan fingerprint density at radius 3 is 2.59 bits per heavy atom. The molecule has 0 spiro atoms. The number of hydrogen-bond acceptors (Lipinski definition) is 4. The first kappa shape index (κ1) is 14.7. The van der Waals surface area contributed by atoms with Crippen LogP contribution in [0.1, 0.15) is 36.2 Å². The molecule has 0 bridgehead atoms. The molecule has 1 aromatic heterocycles. The highest BCUT2D eigenvalue weighted by molar-refractivity contribution is 5.77. The second-order valence-corrected chi connectivity index (χ2v) is 6.19. The van der Waals surface area contributed by atoms with Gasteiger partial charge < -0.3 is 5.32 Å². The maximum atomic E-state index is 12.2. The van der Waals surface area contributed by atoms with Crippen molar-refractivity contribution in [1.29, 1.82) is 0 Å². The largest absolute Gasteiger partial charge is 0.350 e. The molecular formula is C16H21N5O. The lowest BCUT2D eigenvalue weighted by Crippen LogP contribution is -2.39. The van der Waals surface area contributed by atoms with Gasteiger partial charge in [-0.25, -0.2) is 4.68 Å². The number of benzene rings is 1. The van der Waals surface area contributed by atoms with E-state index in [9.17, 15) is 4.79 Å². The van der Waals surface area contributed by atoms with Crippen molar-refractivity contribution in [3.8, 4) is 0 Å². The topological polar surface area (TPSA) is 72.7 Å². The van der Waals surface area contributed by atoms with E-state index in [0.29, 0.717) is 13.0 Å². The summed E-state index contributed by atoms with van der Waals surface area (Å²) < 4.78 is 1.65. The summed E-state index contributed by atoms with van der Waals surface area (Å²) in [6.07, 6.45) is 3.41. The Bertz CT molecular complexity index is 657. The summed E-state index contributed by atoms with van der Waals surface area (Å²) in [4.78, 5) is 12.2. The van der Waals surface area contributed by atoms with E-state index in [0.717, 1.165) is 25.1 Å². The van der Waals surface area contributed by atoms with Crippen LogP contribution < -0.4 is 5.32 Å². The van der Waals surface area contributed by atoms with Gasteiger partial charge in [0.1, 0.15) is 5.82 Å². The molecule has 3 rings (SSSR count). The normalized spacial score (nSPS) is 15.5. The number of nitrogens with zero attached hydrogens (tertiary/aromatic N) is 4. The van der Waals surface area contributed by atoms with Gasteiger partial charge in [-0.2, -0.15) is 0 Å². The van der Waals surface area contributed by atoms with Crippen molar-refractivity contribution < 1.29 is 4.79 Å².